The van der Waals surface area contributed by atoms with Gasteiger partial charge in [0.2, 0.25) is 0 Å². The molecular formula is C20H24Cl2N2O3. The summed E-state index contributed by atoms with van der Waals surface area (Å²) in [7, 11) is 0. The minimum Gasteiger partial charge on any atom is -0.484 e. The molecule has 2 aromatic carbocycles. The fourth-order valence-corrected chi connectivity index (χ4v) is 2.58. The SMILES string of the molecule is Clc1ccccc1Cl.O=C(COc1ccccc1)NCC1CNCCOC1. The van der Waals surface area contributed by atoms with Gasteiger partial charge in [-0.25, -0.2) is 0 Å². The summed E-state index contributed by atoms with van der Waals surface area (Å²) < 4.78 is 10.8. The van der Waals surface area contributed by atoms with E-state index in [2.05, 4.69) is 10.6 Å². The fourth-order valence-electron chi connectivity index (χ4n) is 2.30. The van der Waals surface area contributed by atoms with Crippen molar-refractivity contribution >= 4 is 29.1 Å². The molecule has 1 amide bonds. The van der Waals surface area contributed by atoms with Gasteiger partial charge >= 0.3 is 0 Å². The molecule has 1 heterocycles. The van der Waals surface area contributed by atoms with E-state index in [1.54, 1.807) is 12.1 Å². The number of hydrogen-bond acceptors (Lipinski definition) is 4. The summed E-state index contributed by atoms with van der Waals surface area (Å²) in [4.78, 5) is 11.6. The Morgan fingerprint density at radius 1 is 1.11 bits per heavy atom. The third-order valence-corrected chi connectivity index (χ3v) is 4.49. The fraction of sp³-hybridized carbons (Fsp3) is 0.350. The van der Waals surface area contributed by atoms with Crippen LogP contribution in [-0.2, 0) is 9.53 Å². The summed E-state index contributed by atoms with van der Waals surface area (Å²) in [6.45, 7) is 3.84. The first-order valence-electron chi connectivity index (χ1n) is 8.78. The molecule has 3 rings (SSSR count). The van der Waals surface area contributed by atoms with Crippen LogP contribution in [0.4, 0.5) is 0 Å². The van der Waals surface area contributed by atoms with E-state index in [-0.39, 0.29) is 12.5 Å². The molecule has 1 unspecified atom stereocenters. The normalized spacial score (nSPS) is 16.4. The van der Waals surface area contributed by atoms with Gasteiger partial charge < -0.3 is 20.1 Å². The molecule has 27 heavy (non-hydrogen) atoms. The first-order chi connectivity index (χ1) is 13.1. The summed E-state index contributed by atoms with van der Waals surface area (Å²) in [5.74, 6) is 0.924. The highest BCUT2D eigenvalue weighted by Crippen LogP contribution is 2.19. The van der Waals surface area contributed by atoms with Crippen LogP contribution < -0.4 is 15.4 Å². The maximum Gasteiger partial charge on any atom is 0.257 e. The molecule has 7 heteroatoms. The van der Waals surface area contributed by atoms with Crippen LogP contribution in [0.15, 0.2) is 54.6 Å². The zero-order valence-corrected chi connectivity index (χ0v) is 16.5. The molecule has 0 aromatic heterocycles. The van der Waals surface area contributed by atoms with Crippen molar-refractivity contribution in [3.63, 3.8) is 0 Å². The van der Waals surface area contributed by atoms with Crippen LogP contribution in [0.25, 0.3) is 0 Å². The number of ether oxygens (including phenoxy) is 2. The zero-order valence-electron chi connectivity index (χ0n) is 15.0. The third-order valence-electron chi connectivity index (χ3n) is 3.74. The van der Waals surface area contributed by atoms with E-state index >= 15 is 0 Å². The van der Waals surface area contributed by atoms with E-state index in [1.165, 1.54) is 0 Å². The van der Waals surface area contributed by atoms with Crippen molar-refractivity contribution in [2.45, 2.75) is 0 Å². The van der Waals surface area contributed by atoms with Crippen LogP contribution in [0.5, 0.6) is 5.75 Å². The van der Waals surface area contributed by atoms with Gasteiger partial charge in [0.1, 0.15) is 5.75 Å². The number of hydrogen-bond donors (Lipinski definition) is 2. The van der Waals surface area contributed by atoms with Crippen LogP contribution in [0, 0.1) is 5.92 Å². The van der Waals surface area contributed by atoms with Crippen molar-refractivity contribution in [2.75, 3.05) is 39.5 Å². The Labute approximate surface area is 170 Å². The van der Waals surface area contributed by atoms with Gasteiger partial charge in [0.05, 0.1) is 23.3 Å². The van der Waals surface area contributed by atoms with Crippen molar-refractivity contribution in [1.29, 1.82) is 0 Å². The topological polar surface area (TPSA) is 59.6 Å². The highest BCUT2D eigenvalue weighted by atomic mass is 35.5. The molecule has 5 nitrogen and oxygen atoms in total. The van der Waals surface area contributed by atoms with Gasteiger partial charge in [-0.1, -0.05) is 53.5 Å². The van der Waals surface area contributed by atoms with Crippen molar-refractivity contribution in [3.05, 3.63) is 64.6 Å². The van der Waals surface area contributed by atoms with E-state index in [0.29, 0.717) is 34.9 Å². The molecule has 2 aromatic rings. The van der Waals surface area contributed by atoms with Gasteiger partial charge in [-0.2, -0.15) is 0 Å². The quantitative estimate of drug-likeness (QED) is 0.792. The molecule has 146 valence electrons. The van der Waals surface area contributed by atoms with Crippen LogP contribution in [0.3, 0.4) is 0 Å². The number of carbonyl (C=O) groups excluding carboxylic acids is 1. The molecule has 1 atom stereocenters. The average Bonchev–Trinajstić information content (AvgIpc) is 2.97. The standard InChI is InChI=1S/C14H20N2O3.C6H4Cl2/c17-14(11-19-13-4-2-1-3-5-13)16-9-12-8-15-6-7-18-10-12;7-5-3-1-2-4-6(5)8/h1-5,12,15H,6-11H2,(H,16,17);1-4H. The number of amides is 1. The largest absolute Gasteiger partial charge is 0.484 e. The van der Waals surface area contributed by atoms with E-state index in [0.717, 1.165) is 19.7 Å². The van der Waals surface area contributed by atoms with E-state index < -0.39 is 0 Å². The number of rotatable bonds is 5. The molecule has 1 aliphatic rings. The van der Waals surface area contributed by atoms with Gasteiger partial charge in [-0.15, -0.1) is 0 Å². The first kappa shape index (κ1) is 21.5. The second kappa shape index (κ2) is 12.6. The maximum atomic E-state index is 11.6. The zero-order chi connectivity index (χ0) is 19.3. The van der Waals surface area contributed by atoms with Gasteiger partial charge in [-0.05, 0) is 24.3 Å². The molecule has 1 saturated heterocycles. The molecule has 0 radical (unpaired) electrons. The maximum absolute atomic E-state index is 11.6. The average molecular weight is 411 g/mol. The van der Waals surface area contributed by atoms with Crippen molar-refractivity contribution in [1.82, 2.24) is 10.6 Å². The number of carbonyl (C=O) groups is 1. The highest BCUT2D eigenvalue weighted by molar-refractivity contribution is 6.41. The summed E-state index contributed by atoms with van der Waals surface area (Å²) in [5, 5.41) is 7.35. The van der Waals surface area contributed by atoms with Gasteiger partial charge in [0.25, 0.3) is 5.91 Å². The molecule has 0 spiro atoms. The Morgan fingerprint density at radius 3 is 2.44 bits per heavy atom. The Hall–Kier alpha value is -1.79. The Bertz CT molecular complexity index is 657. The van der Waals surface area contributed by atoms with Crippen molar-refractivity contribution < 1.29 is 14.3 Å². The molecule has 1 fully saturated rings. The van der Waals surface area contributed by atoms with Crippen LogP contribution in [0.1, 0.15) is 0 Å². The second-order valence-corrected chi connectivity index (χ2v) is 6.78. The van der Waals surface area contributed by atoms with E-state index in [9.17, 15) is 4.79 Å². The third kappa shape index (κ3) is 9.11. The van der Waals surface area contributed by atoms with Crippen molar-refractivity contribution in [2.24, 2.45) is 5.92 Å². The smallest absolute Gasteiger partial charge is 0.257 e. The van der Waals surface area contributed by atoms with Gasteiger partial charge in [0, 0.05) is 25.6 Å². The van der Waals surface area contributed by atoms with Gasteiger partial charge in [-0.3, -0.25) is 4.79 Å². The Balaban J connectivity index is 0.000000273. The number of benzene rings is 2. The Kier molecular flexibility index (Phi) is 10.0. The molecule has 0 bridgehead atoms. The lowest BCUT2D eigenvalue weighted by atomic mass is 10.1. The predicted molar refractivity (Wildman–Crippen MR) is 109 cm³/mol. The van der Waals surface area contributed by atoms with Crippen LogP contribution >= 0.6 is 23.2 Å². The van der Waals surface area contributed by atoms with Crippen LogP contribution in [-0.4, -0.2) is 45.4 Å². The second-order valence-electron chi connectivity index (χ2n) is 5.96. The number of halogens is 2. The Morgan fingerprint density at radius 2 is 1.78 bits per heavy atom. The monoisotopic (exact) mass is 410 g/mol. The van der Waals surface area contributed by atoms with E-state index in [4.69, 9.17) is 32.7 Å². The van der Waals surface area contributed by atoms with E-state index in [1.807, 2.05) is 42.5 Å². The summed E-state index contributed by atoms with van der Waals surface area (Å²) in [5.41, 5.74) is 0. The van der Waals surface area contributed by atoms with Crippen molar-refractivity contribution in [3.8, 4) is 5.75 Å². The van der Waals surface area contributed by atoms with Gasteiger partial charge in [0.15, 0.2) is 6.61 Å². The molecule has 0 saturated carbocycles. The minimum absolute atomic E-state index is 0.0466. The number of para-hydroxylation sites is 1. The summed E-state index contributed by atoms with van der Waals surface area (Å²) in [6, 6.07) is 16.5. The highest BCUT2D eigenvalue weighted by Gasteiger charge is 2.13. The molecule has 0 aliphatic carbocycles. The summed E-state index contributed by atoms with van der Waals surface area (Å²) in [6.07, 6.45) is 0. The number of nitrogens with one attached hydrogen (secondary N) is 2. The lowest BCUT2D eigenvalue weighted by molar-refractivity contribution is -0.123. The molecule has 2 N–H and O–H groups in total. The minimum atomic E-state index is -0.104. The first-order valence-corrected chi connectivity index (χ1v) is 9.54. The summed E-state index contributed by atoms with van der Waals surface area (Å²) >= 11 is 11.2. The lowest BCUT2D eigenvalue weighted by Gasteiger charge is -2.14. The lowest BCUT2D eigenvalue weighted by Crippen LogP contribution is -2.37. The van der Waals surface area contributed by atoms with Crippen LogP contribution in [0.2, 0.25) is 10.0 Å². The predicted octanol–water partition coefficient (Wildman–Crippen LogP) is 3.41. The molecule has 1 aliphatic heterocycles. The molecular weight excluding hydrogens is 387 g/mol.